The van der Waals surface area contributed by atoms with Crippen molar-refractivity contribution in [1.29, 1.82) is 0 Å². The number of rotatable bonds is 4. The summed E-state index contributed by atoms with van der Waals surface area (Å²) in [6.45, 7) is 4.09. The molecular weight excluding hydrogens is 364 g/mol. The lowest BCUT2D eigenvalue weighted by Crippen LogP contribution is -1.96. The fourth-order valence-electron chi connectivity index (χ4n) is 4.13. The van der Waals surface area contributed by atoms with Crippen molar-refractivity contribution in [1.82, 2.24) is 0 Å². The van der Waals surface area contributed by atoms with Gasteiger partial charge in [-0.3, -0.25) is 0 Å². The lowest BCUT2D eigenvalue weighted by Gasteiger charge is -2.16. The van der Waals surface area contributed by atoms with Gasteiger partial charge in [0, 0.05) is 10.9 Å². The van der Waals surface area contributed by atoms with E-state index in [1.165, 1.54) is 22.3 Å². The first-order valence-corrected chi connectivity index (χ1v) is 10.2. The van der Waals surface area contributed by atoms with Crippen LogP contribution in [0.15, 0.2) is 114 Å². The van der Waals surface area contributed by atoms with Crippen LogP contribution >= 0.6 is 0 Å². The average molecular weight is 386 g/mol. The van der Waals surface area contributed by atoms with Crippen LogP contribution in [0.3, 0.4) is 0 Å². The Morgan fingerprint density at radius 3 is 2.20 bits per heavy atom. The molecule has 144 valence electrons. The standard InChI is InChI=1S/C29H22O/c1-2-21(22-12-5-3-6-13-22)20-26(23-14-7-4-8-15-23)24-17-11-19-28-29(24)25-16-9-10-18-27(25)30-28/h2-16,18-20H,1,17H2/b21-20+,26-24-. The fraction of sp³-hybridized carbons (Fsp3) is 0.0345. The summed E-state index contributed by atoms with van der Waals surface area (Å²) in [5.41, 5.74) is 8.05. The second-order valence-corrected chi connectivity index (χ2v) is 7.37. The lowest BCUT2D eigenvalue weighted by molar-refractivity contribution is 0.602. The highest BCUT2D eigenvalue weighted by Crippen LogP contribution is 2.42. The van der Waals surface area contributed by atoms with Crippen LogP contribution in [-0.4, -0.2) is 0 Å². The molecular formula is C29H22O. The Kier molecular flexibility index (Phi) is 4.78. The number of allylic oxidation sites excluding steroid dienone is 6. The lowest BCUT2D eigenvalue weighted by atomic mass is 9.86. The van der Waals surface area contributed by atoms with Crippen molar-refractivity contribution in [2.75, 3.05) is 0 Å². The average Bonchev–Trinajstić information content (AvgIpc) is 3.20. The van der Waals surface area contributed by atoms with Crippen LogP contribution < -0.4 is 0 Å². The molecule has 1 nitrogen and oxygen atoms in total. The van der Waals surface area contributed by atoms with Crippen molar-refractivity contribution in [3.63, 3.8) is 0 Å². The Hall–Kier alpha value is -3.84. The molecule has 4 aromatic rings. The van der Waals surface area contributed by atoms with Gasteiger partial charge in [-0.15, -0.1) is 0 Å². The molecule has 0 aliphatic heterocycles. The van der Waals surface area contributed by atoms with E-state index in [4.69, 9.17) is 4.42 Å². The van der Waals surface area contributed by atoms with E-state index >= 15 is 0 Å². The van der Waals surface area contributed by atoms with Crippen LogP contribution in [0, 0.1) is 0 Å². The Bertz CT molecular complexity index is 1300. The third-order valence-corrected chi connectivity index (χ3v) is 5.55. The summed E-state index contributed by atoms with van der Waals surface area (Å²) >= 11 is 0. The van der Waals surface area contributed by atoms with Crippen molar-refractivity contribution in [2.45, 2.75) is 6.42 Å². The second kappa shape index (κ2) is 7.88. The zero-order chi connectivity index (χ0) is 20.3. The maximum atomic E-state index is 6.16. The summed E-state index contributed by atoms with van der Waals surface area (Å²) in [5.74, 6) is 0.930. The molecule has 1 aliphatic rings. The molecule has 5 rings (SSSR count). The number of fused-ring (bicyclic) bond motifs is 3. The Labute approximate surface area is 177 Å². The van der Waals surface area contributed by atoms with E-state index in [1.807, 2.05) is 24.3 Å². The summed E-state index contributed by atoms with van der Waals surface area (Å²) in [6.07, 6.45) is 9.34. The summed E-state index contributed by atoms with van der Waals surface area (Å²) in [6, 6.07) is 29.3. The predicted molar refractivity (Wildman–Crippen MR) is 128 cm³/mol. The Balaban J connectivity index is 1.81. The SMILES string of the molecule is C=C/C(=C\C(=C1/CC=Cc2oc3ccccc3c21)c1ccccc1)c1ccccc1. The molecule has 0 spiro atoms. The molecule has 30 heavy (non-hydrogen) atoms. The molecule has 0 N–H and O–H groups in total. The molecule has 0 atom stereocenters. The van der Waals surface area contributed by atoms with E-state index in [0.29, 0.717) is 0 Å². The molecule has 0 saturated heterocycles. The van der Waals surface area contributed by atoms with Gasteiger partial charge in [0.25, 0.3) is 0 Å². The van der Waals surface area contributed by atoms with Crippen molar-refractivity contribution in [3.05, 3.63) is 132 Å². The Morgan fingerprint density at radius 2 is 1.47 bits per heavy atom. The molecule has 0 fully saturated rings. The van der Waals surface area contributed by atoms with Crippen LogP contribution in [0.2, 0.25) is 0 Å². The van der Waals surface area contributed by atoms with Crippen molar-refractivity contribution in [2.24, 2.45) is 0 Å². The largest absolute Gasteiger partial charge is 0.456 e. The highest BCUT2D eigenvalue weighted by Gasteiger charge is 2.21. The molecule has 0 saturated carbocycles. The van der Waals surface area contributed by atoms with Crippen LogP contribution in [-0.2, 0) is 0 Å². The molecule has 0 unspecified atom stereocenters. The minimum absolute atomic E-state index is 0.858. The topological polar surface area (TPSA) is 13.1 Å². The second-order valence-electron chi connectivity index (χ2n) is 7.37. The summed E-state index contributed by atoms with van der Waals surface area (Å²) in [5, 5.41) is 1.16. The van der Waals surface area contributed by atoms with E-state index in [1.54, 1.807) is 0 Å². The van der Waals surface area contributed by atoms with E-state index in [2.05, 4.69) is 91.5 Å². The third-order valence-electron chi connectivity index (χ3n) is 5.55. The number of benzene rings is 3. The number of furan rings is 1. The Morgan fingerprint density at radius 1 is 0.800 bits per heavy atom. The van der Waals surface area contributed by atoms with Gasteiger partial charge in [-0.25, -0.2) is 0 Å². The van der Waals surface area contributed by atoms with Gasteiger partial charge in [0.1, 0.15) is 11.3 Å². The molecule has 0 radical (unpaired) electrons. The number of para-hydroxylation sites is 1. The summed E-state index contributed by atoms with van der Waals surface area (Å²) in [4.78, 5) is 0. The molecule has 1 aliphatic carbocycles. The van der Waals surface area contributed by atoms with E-state index in [-0.39, 0.29) is 0 Å². The third kappa shape index (κ3) is 3.25. The zero-order valence-electron chi connectivity index (χ0n) is 16.7. The highest BCUT2D eigenvalue weighted by atomic mass is 16.3. The first-order chi connectivity index (χ1) is 14.8. The van der Waals surface area contributed by atoms with Crippen molar-refractivity contribution in [3.8, 4) is 0 Å². The molecule has 0 bridgehead atoms. The fourth-order valence-corrected chi connectivity index (χ4v) is 4.13. The van der Waals surface area contributed by atoms with Crippen LogP contribution in [0.5, 0.6) is 0 Å². The minimum Gasteiger partial charge on any atom is -0.456 e. The van der Waals surface area contributed by atoms with Crippen LogP contribution in [0.1, 0.15) is 28.9 Å². The number of hydrogen-bond acceptors (Lipinski definition) is 1. The van der Waals surface area contributed by atoms with Crippen LogP contribution in [0.25, 0.3) is 33.8 Å². The quantitative estimate of drug-likeness (QED) is 0.324. The molecule has 1 aromatic heterocycles. The maximum Gasteiger partial charge on any atom is 0.135 e. The molecule has 1 heterocycles. The van der Waals surface area contributed by atoms with Gasteiger partial charge in [-0.2, -0.15) is 0 Å². The van der Waals surface area contributed by atoms with Crippen LogP contribution in [0.4, 0.5) is 0 Å². The first-order valence-electron chi connectivity index (χ1n) is 10.2. The summed E-state index contributed by atoms with van der Waals surface area (Å²) in [7, 11) is 0. The molecule has 1 heteroatoms. The van der Waals surface area contributed by atoms with Gasteiger partial charge in [0.05, 0.1) is 0 Å². The van der Waals surface area contributed by atoms with E-state index < -0.39 is 0 Å². The first kappa shape index (κ1) is 18.2. The van der Waals surface area contributed by atoms with Gasteiger partial charge in [0.2, 0.25) is 0 Å². The normalized spacial score (nSPS) is 15.1. The molecule has 0 amide bonds. The van der Waals surface area contributed by atoms with E-state index in [0.717, 1.165) is 34.3 Å². The minimum atomic E-state index is 0.858. The molecule has 3 aromatic carbocycles. The van der Waals surface area contributed by atoms with Gasteiger partial charge < -0.3 is 4.42 Å². The van der Waals surface area contributed by atoms with Gasteiger partial charge in [-0.1, -0.05) is 97.6 Å². The maximum absolute atomic E-state index is 6.16. The highest BCUT2D eigenvalue weighted by molar-refractivity contribution is 6.08. The monoisotopic (exact) mass is 386 g/mol. The van der Waals surface area contributed by atoms with Crippen molar-refractivity contribution < 1.29 is 4.42 Å². The zero-order valence-corrected chi connectivity index (χ0v) is 16.7. The van der Waals surface area contributed by atoms with E-state index in [9.17, 15) is 0 Å². The smallest absolute Gasteiger partial charge is 0.135 e. The van der Waals surface area contributed by atoms with Crippen molar-refractivity contribution >= 4 is 33.8 Å². The van der Waals surface area contributed by atoms with Gasteiger partial charge in [-0.05, 0) is 52.5 Å². The predicted octanol–water partition coefficient (Wildman–Crippen LogP) is 8.03. The summed E-state index contributed by atoms with van der Waals surface area (Å²) < 4.78 is 6.16. The number of hydrogen-bond donors (Lipinski definition) is 0. The van der Waals surface area contributed by atoms with Gasteiger partial charge >= 0.3 is 0 Å². The van der Waals surface area contributed by atoms with Gasteiger partial charge in [0.15, 0.2) is 0 Å².